The van der Waals surface area contributed by atoms with Crippen molar-refractivity contribution in [2.24, 2.45) is 11.8 Å². The summed E-state index contributed by atoms with van der Waals surface area (Å²) >= 11 is 5.90. The molecule has 0 amide bonds. The van der Waals surface area contributed by atoms with Crippen molar-refractivity contribution in [1.82, 2.24) is 0 Å². The summed E-state index contributed by atoms with van der Waals surface area (Å²) in [7, 11) is 0. The lowest BCUT2D eigenvalue weighted by Gasteiger charge is -2.04. The number of aliphatic hydroxyl groups is 1. The van der Waals surface area contributed by atoms with Gasteiger partial charge in [-0.25, -0.2) is 0 Å². The summed E-state index contributed by atoms with van der Waals surface area (Å²) in [5.41, 5.74) is 0.784. The van der Waals surface area contributed by atoms with Crippen LogP contribution in [0, 0.1) is 11.8 Å². The fourth-order valence-corrected chi connectivity index (χ4v) is 2.36. The molecule has 0 aliphatic heterocycles. The highest BCUT2D eigenvalue weighted by Gasteiger charge is 2.40. The van der Waals surface area contributed by atoms with Gasteiger partial charge in [0.05, 0.1) is 0 Å². The monoisotopic (exact) mass is 236 g/mol. The first kappa shape index (κ1) is 10.2. The molecule has 0 radical (unpaired) electrons. The molecule has 1 aromatic heterocycles. The van der Waals surface area contributed by atoms with Crippen LogP contribution in [0.2, 0.25) is 5.02 Å². The lowest BCUT2D eigenvalue weighted by molar-refractivity contribution is 0.124. The third-order valence-corrected chi connectivity index (χ3v) is 3.60. The largest absolute Gasteiger partial charge is 0.458 e. The first-order valence-electron chi connectivity index (χ1n) is 5.52. The van der Waals surface area contributed by atoms with Gasteiger partial charge in [-0.1, -0.05) is 18.5 Å². The van der Waals surface area contributed by atoms with Crippen molar-refractivity contribution in [2.75, 3.05) is 0 Å². The van der Waals surface area contributed by atoms with E-state index in [0.29, 0.717) is 22.6 Å². The van der Waals surface area contributed by atoms with Gasteiger partial charge in [0.25, 0.3) is 0 Å². The molecule has 2 aromatic rings. The third-order valence-electron chi connectivity index (χ3n) is 3.37. The molecule has 0 spiro atoms. The van der Waals surface area contributed by atoms with Gasteiger partial charge in [-0.05, 0) is 42.5 Å². The van der Waals surface area contributed by atoms with Crippen molar-refractivity contribution in [1.29, 1.82) is 0 Å². The van der Waals surface area contributed by atoms with Crippen molar-refractivity contribution in [3.05, 3.63) is 35.0 Å². The molecule has 2 nitrogen and oxygen atoms in total. The van der Waals surface area contributed by atoms with Crippen molar-refractivity contribution in [3.8, 4) is 0 Å². The van der Waals surface area contributed by atoms with Crippen LogP contribution in [0.4, 0.5) is 0 Å². The molecule has 16 heavy (non-hydrogen) atoms. The van der Waals surface area contributed by atoms with Crippen LogP contribution in [0.1, 0.15) is 25.2 Å². The molecule has 1 fully saturated rings. The van der Waals surface area contributed by atoms with E-state index in [0.717, 1.165) is 17.4 Å². The number of benzene rings is 1. The highest BCUT2D eigenvalue weighted by atomic mass is 35.5. The predicted octanol–water partition coefficient (Wildman–Crippen LogP) is 3.78. The summed E-state index contributed by atoms with van der Waals surface area (Å²) in [5, 5.41) is 11.7. The van der Waals surface area contributed by atoms with Gasteiger partial charge in [-0.3, -0.25) is 0 Å². The summed E-state index contributed by atoms with van der Waals surface area (Å²) in [5.74, 6) is 1.62. The number of hydrogen-bond donors (Lipinski definition) is 1. The molecule has 1 N–H and O–H groups in total. The summed E-state index contributed by atoms with van der Waals surface area (Å²) in [6, 6.07) is 7.37. The van der Waals surface area contributed by atoms with E-state index >= 15 is 0 Å². The van der Waals surface area contributed by atoms with Crippen LogP contribution in [0.15, 0.2) is 28.7 Å². The van der Waals surface area contributed by atoms with Crippen LogP contribution in [0.5, 0.6) is 0 Å². The van der Waals surface area contributed by atoms with E-state index in [2.05, 4.69) is 6.92 Å². The fraction of sp³-hybridized carbons (Fsp3) is 0.385. The van der Waals surface area contributed by atoms with E-state index in [9.17, 15) is 5.11 Å². The molecular formula is C13H13ClO2. The summed E-state index contributed by atoms with van der Waals surface area (Å²) in [6.45, 7) is 2.15. The Morgan fingerprint density at radius 1 is 1.44 bits per heavy atom. The molecule has 0 bridgehead atoms. The summed E-state index contributed by atoms with van der Waals surface area (Å²) < 4.78 is 5.63. The van der Waals surface area contributed by atoms with E-state index in [-0.39, 0.29) is 0 Å². The quantitative estimate of drug-likeness (QED) is 0.861. The van der Waals surface area contributed by atoms with Crippen molar-refractivity contribution < 1.29 is 9.52 Å². The molecule has 0 saturated heterocycles. The number of hydrogen-bond acceptors (Lipinski definition) is 2. The van der Waals surface area contributed by atoms with E-state index in [1.807, 2.05) is 18.2 Å². The maximum Gasteiger partial charge on any atom is 0.134 e. The highest BCUT2D eigenvalue weighted by molar-refractivity contribution is 6.31. The Bertz CT molecular complexity index is 532. The standard InChI is InChI=1S/C13H13ClO2/c1-7-4-10(7)13(15)12-6-8-5-9(14)2-3-11(8)16-12/h2-3,5-7,10,13,15H,4H2,1H3. The normalized spacial score (nSPS) is 25.9. The Hall–Kier alpha value is -0.990. The first-order chi connectivity index (χ1) is 7.65. The van der Waals surface area contributed by atoms with Gasteiger partial charge in [0.15, 0.2) is 0 Å². The lowest BCUT2D eigenvalue weighted by Crippen LogP contribution is -1.98. The SMILES string of the molecule is CC1CC1C(O)c1cc2cc(Cl)ccc2o1. The molecule has 3 atom stereocenters. The Kier molecular flexibility index (Phi) is 2.23. The molecular weight excluding hydrogens is 224 g/mol. The van der Waals surface area contributed by atoms with E-state index in [1.165, 1.54) is 0 Å². The van der Waals surface area contributed by atoms with Gasteiger partial charge in [-0.15, -0.1) is 0 Å². The Morgan fingerprint density at radius 3 is 2.88 bits per heavy atom. The lowest BCUT2D eigenvalue weighted by atomic mass is 10.1. The minimum absolute atomic E-state index is 0.357. The van der Waals surface area contributed by atoms with Gasteiger partial charge in [0, 0.05) is 10.4 Å². The second-order valence-corrected chi connectivity index (χ2v) is 5.09. The van der Waals surface area contributed by atoms with Crippen molar-refractivity contribution in [3.63, 3.8) is 0 Å². The van der Waals surface area contributed by atoms with E-state index in [4.69, 9.17) is 16.0 Å². The second kappa shape index (κ2) is 3.51. The van der Waals surface area contributed by atoms with E-state index in [1.54, 1.807) is 6.07 Å². The van der Waals surface area contributed by atoms with Gasteiger partial charge >= 0.3 is 0 Å². The number of rotatable bonds is 2. The number of fused-ring (bicyclic) bond motifs is 1. The molecule has 3 rings (SSSR count). The molecule has 1 aliphatic carbocycles. The van der Waals surface area contributed by atoms with Crippen LogP contribution in [0.25, 0.3) is 11.0 Å². The van der Waals surface area contributed by atoms with Crippen LogP contribution >= 0.6 is 11.6 Å². The zero-order chi connectivity index (χ0) is 11.3. The van der Waals surface area contributed by atoms with Crippen LogP contribution in [-0.2, 0) is 0 Å². The molecule has 1 aliphatic rings. The van der Waals surface area contributed by atoms with Gasteiger partial charge in [0.2, 0.25) is 0 Å². The molecule has 3 unspecified atom stereocenters. The fourth-order valence-electron chi connectivity index (χ4n) is 2.18. The van der Waals surface area contributed by atoms with Crippen LogP contribution in [-0.4, -0.2) is 5.11 Å². The maximum atomic E-state index is 10.1. The highest BCUT2D eigenvalue weighted by Crippen LogP contribution is 2.47. The zero-order valence-electron chi connectivity index (χ0n) is 8.98. The van der Waals surface area contributed by atoms with Gasteiger partial charge in [-0.2, -0.15) is 0 Å². The Balaban J connectivity index is 1.98. The average molecular weight is 237 g/mol. The molecule has 1 aromatic carbocycles. The van der Waals surface area contributed by atoms with Gasteiger partial charge in [0.1, 0.15) is 17.4 Å². The summed E-state index contributed by atoms with van der Waals surface area (Å²) in [6.07, 6.45) is 0.611. The molecule has 1 saturated carbocycles. The second-order valence-electron chi connectivity index (χ2n) is 4.65. The predicted molar refractivity (Wildman–Crippen MR) is 63.5 cm³/mol. The van der Waals surface area contributed by atoms with Crippen molar-refractivity contribution >= 4 is 22.6 Å². The number of halogens is 1. The summed E-state index contributed by atoms with van der Waals surface area (Å²) in [4.78, 5) is 0. The van der Waals surface area contributed by atoms with Crippen LogP contribution in [0.3, 0.4) is 0 Å². The molecule has 3 heteroatoms. The first-order valence-corrected chi connectivity index (χ1v) is 5.90. The van der Waals surface area contributed by atoms with Crippen LogP contribution < -0.4 is 0 Å². The van der Waals surface area contributed by atoms with E-state index < -0.39 is 6.10 Å². The zero-order valence-corrected chi connectivity index (χ0v) is 9.74. The Morgan fingerprint density at radius 2 is 2.19 bits per heavy atom. The van der Waals surface area contributed by atoms with Gasteiger partial charge < -0.3 is 9.52 Å². The molecule has 84 valence electrons. The third kappa shape index (κ3) is 1.62. The number of furan rings is 1. The Labute approximate surface area is 98.8 Å². The minimum atomic E-state index is -0.471. The smallest absolute Gasteiger partial charge is 0.134 e. The minimum Gasteiger partial charge on any atom is -0.458 e. The topological polar surface area (TPSA) is 33.4 Å². The number of aliphatic hydroxyl groups excluding tert-OH is 1. The average Bonchev–Trinajstić information content (AvgIpc) is 2.83. The molecule has 1 heterocycles. The van der Waals surface area contributed by atoms with Crippen molar-refractivity contribution in [2.45, 2.75) is 19.4 Å². The maximum absolute atomic E-state index is 10.1.